The van der Waals surface area contributed by atoms with Crippen LogP contribution in [0.5, 0.6) is 17.2 Å². The van der Waals surface area contributed by atoms with Crippen molar-refractivity contribution in [3.63, 3.8) is 0 Å². The molecule has 1 amide bonds. The number of carbonyl (C=O) groups is 1. The fourth-order valence-electron chi connectivity index (χ4n) is 2.42. The Kier molecular flexibility index (Phi) is 7.46. The van der Waals surface area contributed by atoms with E-state index in [4.69, 9.17) is 14.2 Å². The van der Waals surface area contributed by atoms with Crippen LogP contribution in [0.2, 0.25) is 0 Å². The Balaban J connectivity index is 2.35. The maximum Gasteiger partial charge on any atom is 0.266 e. The minimum atomic E-state index is -0.520. The zero-order valence-electron chi connectivity index (χ0n) is 16.5. The lowest BCUT2D eigenvalue weighted by atomic mass is 10.1. The predicted molar refractivity (Wildman–Crippen MR) is 109 cm³/mol. The molecule has 0 radical (unpaired) electrons. The van der Waals surface area contributed by atoms with Crippen LogP contribution in [0.4, 0.5) is 5.69 Å². The molecule has 0 aliphatic heterocycles. The average molecular weight is 380 g/mol. The summed E-state index contributed by atoms with van der Waals surface area (Å²) in [5.74, 6) is 1.13. The van der Waals surface area contributed by atoms with Crippen molar-refractivity contribution in [1.82, 2.24) is 0 Å². The Morgan fingerprint density at radius 2 is 1.96 bits per heavy atom. The molecular weight excluding hydrogens is 356 g/mol. The Hall–Kier alpha value is -3.46. The van der Waals surface area contributed by atoms with Crippen molar-refractivity contribution in [3.8, 4) is 23.3 Å². The van der Waals surface area contributed by atoms with E-state index >= 15 is 0 Å². The first-order chi connectivity index (χ1) is 13.5. The molecule has 0 saturated carbocycles. The Morgan fingerprint density at radius 1 is 1.21 bits per heavy atom. The van der Waals surface area contributed by atoms with Gasteiger partial charge in [-0.25, -0.2) is 0 Å². The van der Waals surface area contributed by atoms with E-state index in [2.05, 4.69) is 5.32 Å². The van der Waals surface area contributed by atoms with E-state index in [1.165, 1.54) is 6.08 Å². The number of nitrogens with one attached hydrogen (secondary N) is 1. The summed E-state index contributed by atoms with van der Waals surface area (Å²) in [5.41, 5.74) is 1.08. The summed E-state index contributed by atoms with van der Waals surface area (Å²) in [7, 11) is 3.09. The van der Waals surface area contributed by atoms with Crippen LogP contribution in [0, 0.1) is 11.3 Å². The van der Waals surface area contributed by atoms with Gasteiger partial charge in [-0.3, -0.25) is 4.79 Å². The summed E-state index contributed by atoms with van der Waals surface area (Å²) >= 11 is 0. The first-order valence-electron chi connectivity index (χ1n) is 8.93. The van der Waals surface area contributed by atoms with Gasteiger partial charge in [-0.15, -0.1) is 0 Å². The summed E-state index contributed by atoms with van der Waals surface area (Å²) in [5, 5.41) is 12.2. The molecule has 0 heterocycles. The highest BCUT2D eigenvalue weighted by Gasteiger charge is 2.16. The van der Waals surface area contributed by atoms with Crippen molar-refractivity contribution in [2.24, 2.45) is 0 Å². The van der Waals surface area contributed by atoms with Crippen molar-refractivity contribution in [2.75, 3.05) is 19.5 Å². The molecular formula is C22H24N2O4. The van der Waals surface area contributed by atoms with E-state index < -0.39 is 5.91 Å². The molecule has 2 aromatic carbocycles. The molecule has 0 aliphatic rings. The number of benzene rings is 2. The van der Waals surface area contributed by atoms with Gasteiger partial charge in [0.15, 0.2) is 11.5 Å². The predicted octanol–water partition coefficient (Wildman–Crippen LogP) is 4.43. The third-order valence-corrected chi connectivity index (χ3v) is 4.12. The summed E-state index contributed by atoms with van der Waals surface area (Å²) in [6, 6.07) is 14.2. The lowest BCUT2D eigenvalue weighted by Gasteiger charge is -2.17. The number of carbonyl (C=O) groups excluding carboxylic acids is 1. The minimum absolute atomic E-state index is 0.0420. The molecule has 1 atom stereocenters. The van der Waals surface area contributed by atoms with E-state index in [1.54, 1.807) is 56.7 Å². The van der Waals surface area contributed by atoms with Crippen molar-refractivity contribution < 1.29 is 19.0 Å². The van der Waals surface area contributed by atoms with Gasteiger partial charge in [-0.05, 0) is 37.6 Å². The number of para-hydroxylation sites is 1. The van der Waals surface area contributed by atoms with Crippen molar-refractivity contribution in [1.29, 1.82) is 5.26 Å². The van der Waals surface area contributed by atoms with Gasteiger partial charge in [-0.2, -0.15) is 5.26 Å². The summed E-state index contributed by atoms with van der Waals surface area (Å²) in [4.78, 5) is 12.6. The molecule has 0 fully saturated rings. The molecule has 146 valence electrons. The molecule has 6 nitrogen and oxygen atoms in total. The second kappa shape index (κ2) is 10.0. The van der Waals surface area contributed by atoms with Gasteiger partial charge in [0, 0.05) is 17.3 Å². The monoisotopic (exact) mass is 380 g/mol. The van der Waals surface area contributed by atoms with Gasteiger partial charge in [0.1, 0.15) is 17.4 Å². The van der Waals surface area contributed by atoms with Crippen LogP contribution in [-0.2, 0) is 4.79 Å². The highest BCUT2D eigenvalue weighted by atomic mass is 16.5. The smallest absolute Gasteiger partial charge is 0.266 e. The van der Waals surface area contributed by atoms with Gasteiger partial charge in [0.05, 0.1) is 20.3 Å². The number of nitrogens with zero attached hydrogens (tertiary/aromatic N) is 1. The molecule has 0 aliphatic carbocycles. The first-order valence-corrected chi connectivity index (χ1v) is 8.93. The summed E-state index contributed by atoms with van der Waals surface area (Å²) in [6.07, 6.45) is 2.26. The number of ether oxygens (including phenoxy) is 3. The molecule has 0 aromatic heterocycles. The quantitative estimate of drug-likeness (QED) is 0.541. The highest BCUT2D eigenvalue weighted by molar-refractivity contribution is 6.10. The van der Waals surface area contributed by atoms with Gasteiger partial charge in [-0.1, -0.05) is 25.1 Å². The van der Waals surface area contributed by atoms with Crippen LogP contribution >= 0.6 is 0 Å². The second-order valence-corrected chi connectivity index (χ2v) is 6.07. The summed E-state index contributed by atoms with van der Waals surface area (Å²) < 4.78 is 16.5. The standard InChI is InChI=1S/C22H24N2O4/c1-5-15(2)28-21-16(8-6-11-20(21)27-4)12-17(14-23)22(25)24-18-9-7-10-19(13-18)26-3/h6-13,15H,5H2,1-4H3,(H,24,25)/b17-12-. The third kappa shape index (κ3) is 5.27. The lowest BCUT2D eigenvalue weighted by Crippen LogP contribution is -2.14. The Labute approximate surface area is 165 Å². The third-order valence-electron chi connectivity index (χ3n) is 4.12. The van der Waals surface area contributed by atoms with Crippen LogP contribution in [-0.4, -0.2) is 26.2 Å². The number of hydrogen-bond donors (Lipinski definition) is 1. The fraction of sp³-hybridized carbons (Fsp3) is 0.273. The average Bonchev–Trinajstić information content (AvgIpc) is 2.72. The van der Waals surface area contributed by atoms with E-state index in [1.807, 2.05) is 19.9 Å². The second-order valence-electron chi connectivity index (χ2n) is 6.07. The summed E-state index contributed by atoms with van der Waals surface area (Å²) in [6.45, 7) is 3.96. The molecule has 6 heteroatoms. The Morgan fingerprint density at radius 3 is 2.61 bits per heavy atom. The van der Waals surface area contributed by atoms with E-state index in [9.17, 15) is 10.1 Å². The number of anilines is 1. The first kappa shape index (κ1) is 20.8. The van der Waals surface area contributed by atoms with Gasteiger partial charge in [0.25, 0.3) is 5.91 Å². The van der Waals surface area contributed by atoms with Gasteiger partial charge >= 0.3 is 0 Å². The van der Waals surface area contributed by atoms with E-state index in [0.717, 1.165) is 6.42 Å². The molecule has 1 N–H and O–H groups in total. The minimum Gasteiger partial charge on any atom is -0.497 e. The molecule has 0 bridgehead atoms. The number of rotatable bonds is 8. The largest absolute Gasteiger partial charge is 0.497 e. The maximum atomic E-state index is 12.6. The number of amides is 1. The molecule has 0 spiro atoms. The molecule has 2 rings (SSSR count). The number of nitriles is 1. The molecule has 28 heavy (non-hydrogen) atoms. The maximum absolute atomic E-state index is 12.6. The van der Waals surface area contributed by atoms with Crippen LogP contribution in [0.3, 0.4) is 0 Å². The van der Waals surface area contributed by atoms with Crippen molar-refractivity contribution in [3.05, 3.63) is 53.6 Å². The van der Waals surface area contributed by atoms with Crippen molar-refractivity contribution in [2.45, 2.75) is 26.4 Å². The topological polar surface area (TPSA) is 80.6 Å². The number of hydrogen-bond acceptors (Lipinski definition) is 5. The SMILES string of the molecule is CCC(C)Oc1c(/C=C(/C#N)C(=O)Nc2cccc(OC)c2)cccc1OC. The van der Waals surface area contributed by atoms with Gasteiger partial charge < -0.3 is 19.5 Å². The van der Waals surface area contributed by atoms with Gasteiger partial charge in [0.2, 0.25) is 0 Å². The molecule has 1 unspecified atom stereocenters. The number of methoxy groups -OCH3 is 2. The van der Waals surface area contributed by atoms with Crippen LogP contribution in [0.15, 0.2) is 48.0 Å². The lowest BCUT2D eigenvalue weighted by molar-refractivity contribution is -0.112. The molecule has 2 aromatic rings. The van der Waals surface area contributed by atoms with Crippen molar-refractivity contribution >= 4 is 17.7 Å². The zero-order valence-corrected chi connectivity index (χ0v) is 16.5. The van der Waals surface area contributed by atoms with Crippen LogP contribution in [0.25, 0.3) is 6.08 Å². The van der Waals surface area contributed by atoms with E-state index in [0.29, 0.717) is 28.5 Å². The fourth-order valence-corrected chi connectivity index (χ4v) is 2.42. The highest BCUT2D eigenvalue weighted by Crippen LogP contribution is 2.34. The Bertz CT molecular complexity index is 900. The van der Waals surface area contributed by atoms with Crippen LogP contribution < -0.4 is 19.5 Å². The van der Waals surface area contributed by atoms with Crippen LogP contribution in [0.1, 0.15) is 25.8 Å². The molecule has 0 saturated heterocycles. The zero-order chi connectivity index (χ0) is 20.5. The van der Waals surface area contributed by atoms with E-state index in [-0.39, 0.29) is 11.7 Å². The normalized spacial score (nSPS) is 11.9.